The molecule has 1 atom stereocenters. The number of hydrogen-bond donors (Lipinski definition) is 2. The maximum absolute atomic E-state index is 12.4. The Bertz CT molecular complexity index is 617. The molecule has 1 amide bonds. The fourth-order valence-electron chi connectivity index (χ4n) is 2.79. The van der Waals surface area contributed by atoms with E-state index in [1.54, 1.807) is 0 Å². The van der Waals surface area contributed by atoms with Crippen LogP contribution in [0.5, 0.6) is 0 Å². The largest absolute Gasteiger partial charge is 0.399 e. The zero-order chi connectivity index (χ0) is 13.4. The van der Waals surface area contributed by atoms with E-state index >= 15 is 0 Å². The highest BCUT2D eigenvalue weighted by Crippen LogP contribution is 2.23. The number of benzene rings is 1. The molecule has 0 bridgehead atoms. The van der Waals surface area contributed by atoms with Crippen LogP contribution < -0.4 is 5.73 Å². The van der Waals surface area contributed by atoms with E-state index < -0.39 is 0 Å². The first-order valence-electron chi connectivity index (χ1n) is 6.85. The Kier molecular flexibility index (Phi) is 2.93. The van der Waals surface area contributed by atoms with Crippen LogP contribution in [-0.2, 0) is 0 Å². The number of H-pyrrole nitrogens is 1. The molecule has 2 heterocycles. The van der Waals surface area contributed by atoms with Crippen LogP contribution in [0.3, 0.4) is 0 Å². The lowest BCUT2D eigenvalue weighted by molar-refractivity contribution is 0.0782. The minimum Gasteiger partial charge on any atom is -0.399 e. The summed E-state index contributed by atoms with van der Waals surface area (Å²) in [4.78, 5) is 17.6. The number of nitrogen functional groups attached to an aromatic ring is 1. The Morgan fingerprint density at radius 3 is 3.05 bits per heavy atom. The lowest BCUT2D eigenvalue weighted by Gasteiger charge is -2.14. The summed E-state index contributed by atoms with van der Waals surface area (Å²) >= 11 is 0. The summed E-state index contributed by atoms with van der Waals surface area (Å²) < 4.78 is 0. The fraction of sp³-hybridized carbons (Fsp3) is 0.400. The summed E-state index contributed by atoms with van der Waals surface area (Å²) in [5.74, 6) is 0.759. The molecule has 100 valence electrons. The van der Waals surface area contributed by atoms with Gasteiger partial charge in [-0.3, -0.25) is 4.79 Å². The van der Waals surface area contributed by atoms with Gasteiger partial charge in [0.25, 0.3) is 5.91 Å². The molecule has 3 rings (SSSR count). The van der Waals surface area contributed by atoms with E-state index in [0.717, 1.165) is 42.5 Å². The van der Waals surface area contributed by atoms with Crippen LogP contribution in [0.25, 0.3) is 10.9 Å². The summed E-state index contributed by atoms with van der Waals surface area (Å²) in [6, 6.07) is 7.55. The Morgan fingerprint density at radius 2 is 2.32 bits per heavy atom. The van der Waals surface area contributed by atoms with Gasteiger partial charge in [-0.1, -0.05) is 13.3 Å². The van der Waals surface area contributed by atoms with Crippen LogP contribution in [0.4, 0.5) is 5.69 Å². The third-order valence-electron chi connectivity index (χ3n) is 4.03. The lowest BCUT2D eigenvalue weighted by atomic mass is 10.1. The number of rotatable bonds is 2. The van der Waals surface area contributed by atoms with E-state index in [0.29, 0.717) is 11.6 Å². The van der Waals surface area contributed by atoms with Crippen molar-refractivity contribution in [2.75, 3.05) is 18.8 Å². The van der Waals surface area contributed by atoms with Crippen LogP contribution >= 0.6 is 0 Å². The van der Waals surface area contributed by atoms with E-state index in [9.17, 15) is 4.79 Å². The molecule has 2 aromatic rings. The molecule has 1 fully saturated rings. The van der Waals surface area contributed by atoms with E-state index in [2.05, 4.69) is 11.9 Å². The highest BCUT2D eigenvalue weighted by Gasteiger charge is 2.26. The molecule has 1 aromatic carbocycles. The predicted molar refractivity (Wildman–Crippen MR) is 77.0 cm³/mol. The summed E-state index contributed by atoms with van der Waals surface area (Å²) in [6.45, 7) is 3.94. The molecule has 1 aromatic heterocycles. The van der Waals surface area contributed by atoms with Gasteiger partial charge in [0.15, 0.2) is 0 Å². The monoisotopic (exact) mass is 257 g/mol. The highest BCUT2D eigenvalue weighted by atomic mass is 16.2. The van der Waals surface area contributed by atoms with Crippen LogP contribution in [0.1, 0.15) is 30.3 Å². The minimum absolute atomic E-state index is 0.103. The number of aromatic nitrogens is 1. The number of nitrogens with two attached hydrogens (primary N) is 1. The summed E-state index contributed by atoms with van der Waals surface area (Å²) in [5.41, 5.74) is 8.10. The molecule has 3 N–H and O–H groups in total. The van der Waals surface area contributed by atoms with Crippen molar-refractivity contribution < 1.29 is 4.79 Å². The van der Waals surface area contributed by atoms with E-state index in [1.165, 1.54) is 0 Å². The SMILES string of the molecule is CCC1CCN(C(=O)c2cc3cc(N)ccc3[nH]2)C1. The first-order chi connectivity index (χ1) is 9.17. The van der Waals surface area contributed by atoms with Crippen LogP contribution in [0.15, 0.2) is 24.3 Å². The Balaban J connectivity index is 1.86. The van der Waals surface area contributed by atoms with E-state index in [-0.39, 0.29) is 5.91 Å². The molecule has 0 spiro atoms. The third kappa shape index (κ3) is 2.18. The molecule has 0 aliphatic carbocycles. The second-order valence-electron chi connectivity index (χ2n) is 5.34. The number of amides is 1. The molecular weight excluding hydrogens is 238 g/mol. The van der Waals surface area contributed by atoms with Crippen molar-refractivity contribution in [3.63, 3.8) is 0 Å². The van der Waals surface area contributed by atoms with Crippen molar-refractivity contribution in [1.29, 1.82) is 0 Å². The van der Waals surface area contributed by atoms with Gasteiger partial charge in [-0.05, 0) is 36.6 Å². The Morgan fingerprint density at radius 1 is 1.47 bits per heavy atom. The van der Waals surface area contributed by atoms with Crippen molar-refractivity contribution in [2.24, 2.45) is 5.92 Å². The molecule has 1 saturated heterocycles. The van der Waals surface area contributed by atoms with Gasteiger partial charge in [0, 0.05) is 29.7 Å². The number of fused-ring (bicyclic) bond motifs is 1. The lowest BCUT2D eigenvalue weighted by Crippen LogP contribution is -2.28. The zero-order valence-corrected chi connectivity index (χ0v) is 11.1. The molecule has 1 unspecified atom stereocenters. The second-order valence-corrected chi connectivity index (χ2v) is 5.34. The third-order valence-corrected chi connectivity index (χ3v) is 4.03. The van der Waals surface area contributed by atoms with Crippen molar-refractivity contribution in [2.45, 2.75) is 19.8 Å². The van der Waals surface area contributed by atoms with Gasteiger partial charge in [-0.2, -0.15) is 0 Å². The predicted octanol–water partition coefficient (Wildman–Crippen LogP) is 2.62. The summed E-state index contributed by atoms with van der Waals surface area (Å²) in [7, 11) is 0. The van der Waals surface area contributed by atoms with Gasteiger partial charge < -0.3 is 15.6 Å². The smallest absolute Gasteiger partial charge is 0.270 e. The van der Waals surface area contributed by atoms with Crippen molar-refractivity contribution in [1.82, 2.24) is 9.88 Å². The van der Waals surface area contributed by atoms with Gasteiger partial charge in [0.05, 0.1) is 0 Å². The minimum atomic E-state index is 0.103. The topological polar surface area (TPSA) is 62.1 Å². The quantitative estimate of drug-likeness (QED) is 0.812. The first-order valence-corrected chi connectivity index (χ1v) is 6.85. The molecule has 0 radical (unpaired) electrons. The molecule has 4 nitrogen and oxygen atoms in total. The number of hydrogen-bond acceptors (Lipinski definition) is 2. The highest BCUT2D eigenvalue weighted by molar-refractivity contribution is 5.98. The Labute approximate surface area is 112 Å². The summed E-state index contributed by atoms with van der Waals surface area (Å²) in [6.07, 6.45) is 2.27. The van der Waals surface area contributed by atoms with E-state index in [1.807, 2.05) is 29.2 Å². The number of aromatic amines is 1. The molecule has 0 saturated carbocycles. The number of carbonyl (C=O) groups is 1. The van der Waals surface area contributed by atoms with Gasteiger partial charge >= 0.3 is 0 Å². The van der Waals surface area contributed by atoms with Crippen molar-refractivity contribution >= 4 is 22.5 Å². The van der Waals surface area contributed by atoms with Crippen LogP contribution in [0.2, 0.25) is 0 Å². The molecule has 4 heteroatoms. The van der Waals surface area contributed by atoms with Gasteiger partial charge in [0.2, 0.25) is 0 Å². The fourth-order valence-corrected chi connectivity index (χ4v) is 2.79. The molecular formula is C15H19N3O. The normalized spacial score (nSPS) is 19.2. The van der Waals surface area contributed by atoms with Crippen molar-refractivity contribution in [3.8, 4) is 0 Å². The molecule has 1 aliphatic rings. The standard InChI is InChI=1S/C15H19N3O/c1-2-10-5-6-18(9-10)15(19)14-8-11-7-12(16)3-4-13(11)17-14/h3-4,7-8,10,17H,2,5-6,9,16H2,1H3. The second kappa shape index (κ2) is 4.61. The van der Waals surface area contributed by atoms with Crippen LogP contribution in [-0.4, -0.2) is 28.9 Å². The number of likely N-dealkylation sites (tertiary alicyclic amines) is 1. The first kappa shape index (κ1) is 12.1. The van der Waals surface area contributed by atoms with Gasteiger partial charge in [-0.15, -0.1) is 0 Å². The number of nitrogens with zero attached hydrogens (tertiary/aromatic N) is 1. The number of nitrogens with one attached hydrogen (secondary N) is 1. The van der Waals surface area contributed by atoms with E-state index in [4.69, 9.17) is 5.73 Å². The number of carbonyl (C=O) groups excluding carboxylic acids is 1. The zero-order valence-electron chi connectivity index (χ0n) is 11.1. The number of anilines is 1. The van der Waals surface area contributed by atoms with Gasteiger partial charge in [0.1, 0.15) is 5.69 Å². The average molecular weight is 257 g/mol. The average Bonchev–Trinajstić information content (AvgIpc) is 3.03. The van der Waals surface area contributed by atoms with Crippen molar-refractivity contribution in [3.05, 3.63) is 30.0 Å². The summed E-state index contributed by atoms with van der Waals surface area (Å²) in [5, 5.41) is 0.995. The maximum atomic E-state index is 12.4. The van der Waals surface area contributed by atoms with Crippen LogP contribution in [0, 0.1) is 5.92 Å². The van der Waals surface area contributed by atoms with Gasteiger partial charge in [-0.25, -0.2) is 0 Å². The molecule has 1 aliphatic heterocycles. The maximum Gasteiger partial charge on any atom is 0.270 e. The molecule has 19 heavy (non-hydrogen) atoms. The Hall–Kier alpha value is -1.97.